The van der Waals surface area contributed by atoms with Gasteiger partial charge in [-0.3, -0.25) is 0 Å². The summed E-state index contributed by atoms with van der Waals surface area (Å²) in [5.74, 6) is 0.716. The number of hydrogen-bond acceptors (Lipinski definition) is 2. The highest BCUT2D eigenvalue weighted by Crippen LogP contribution is 2.00. The molecule has 56 valence electrons. The van der Waals surface area contributed by atoms with E-state index in [4.69, 9.17) is 5.73 Å². The van der Waals surface area contributed by atoms with Gasteiger partial charge in [-0.15, -0.1) is 0 Å². The van der Waals surface area contributed by atoms with Gasteiger partial charge < -0.3 is 11.1 Å². The molecule has 0 aliphatic heterocycles. The Kier molecular flexibility index (Phi) is 4.72. The van der Waals surface area contributed by atoms with Crippen molar-refractivity contribution < 1.29 is 0 Å². The number of nitrogens with one attached hydrogen (secondary N) is 1. The number of likely N-dealkylation sites (N-methyl/N-ethyl adjacent to an activating group) is 1. The maximum absolute atomic E-state index is 5.72. The summed E-state index contributed by atoms with van der Waals surface area (Å²) in [5.41, 5.74) is 5.72. The van der Waals surface area contributed by atoms with Crippen LogP contribution >= 0.6 is 0 Å². The first-order valence-electron chi connectivity index (χ1n) is 3.57. The highest BCUT2D eigenvalue weighted by Gasteiger charge is 2.02. The Bertz CT molecular complexity index is 61.9. The molecule has 0 fully saturated rings. The van der Waals surface area contributed by atoms with Crippen molar-refractivity contribution in [1.29, 1.82) is 0 Å². The molecule has 0 rings (SSSR count). The molecular weight excluding hydrogens is 112 g/mol. The smallest absolute Gasteiger partial charge is 0.0167 e. The molecule has 0 heterocycles. The van der Waals surface area contributed by atoms with E-state index in [9.17, 15) is 0 Å². The van der Waals surface area contributed by atoms with E-state index >= 15 is 0 Å². The summed E-state index contributed by atoms with van der Waals surface area (Å²) in [6, 6.07) is 0.329. The van der Waals surface area contributed by atoms with E-state index in [1.807, 2.05) is 7.05 Å². The fraction of sp³-hybridized carbons (Fsp3) is 1.00. The number of nitrogens with two attached hydrogens (primary N) is 1. The van der Waals surface area contributed by atoms with Crippen molar-refractivity contribution >= 4 is 0 Å². The lowest BCUT2D eigenvalue weighted by Gasteiger charge is -2.12. The largest absolute Gasteiger partial charge is 0.327 e. The molecule has 0 aliphatic rings. The summed E-state index contributed by atoms with van der Waals surface area (Å²) in [4.78, 5) is 0. The van der Waals surface area contributed by atoms with Gasteiger partial charge in [-0.05, 0) is 19.4 Å². The molecule has 1 atom stereocenters. The van der Waals surface area contributed by atoms with Gasteiger partial charge in [0, 0.05) is 12.6 Å². The molecule has 3 N–H and O–H groups in total. The fourth-order valence-electron chi connectivity index (χ4n) is 0.951. The van der Waals surface area contributed by atoms with Crippen LogP contribution in [0.25, 0.3) is 0 Å². The summed E-state index contributed by atoms with van der Waals surface area (Å²) < 4.78 is 0. The topological polar surface area (TPSA) is 38.0 Å². The maximum Gasteiger partial charge on any atom is 0.0167 e. The van der Waals surface area contributed by atoms with Gasteiger partial charge in [0.05, 0.1) is 0 Å². The molecule has 0 aromatic heterocycles. The molecule has 0 aliphatic carbocycles. The van der Waals surface area contributed by atoms with Gasteiger partial charge in [0.15, 0.2) is 0 Å². The Balaban J connectivity index is 3.15. The summed E-state index contributed by atoms with van der Waals surface area (Å²) >= 11 is 0. The molecule has 2 nitrogen and oxygen atoms in total. The van der Waals surface area contributed by atoms with Gasteiger partial charge in [-0.2, -0.15) is 0 Å². The molecule has 0 spiro atoms. The van der Waals surface area contributed by atoms with E-state index in [2.05, 4.69) is 19.2 Å². The first-order chi connectivity index (χ1) is 4.16. The zero-order chi connectivity index (χ0) is 7.28. The van der Waals surface area contributed by atoms with Crippen LogP contribution in [-0.4, -0.2) is 19.6 Å². The molecule has 0 amide bonds. The average molecular weight is 130 g/mol. The predicted octanol–water partition coefficient (Wildman–Crippen LogP) is 0.579. The molecule has 0 radical (unpaired) electrons. The molecule has 0 aromatic rings. The number of hydrogen-bond donors (Lipinski definition) is 2. The lowest BCUT2D eigenvalue weighted by atomic mass is 10.1. The van der Waals surface area contributed by atoms with Crippen LogP contribution in [0.4, 0.5) is 0 Å². The predicted molar refractivity (Wildman–Crippen MR) is 41.4 cm³/mol. The monoisotopic (exact) mass is 130 g/mol. The summed E-state index contributed by atoms with van der Waals surface area (Å²) in [5, 5.41) is 3.05. The normalized spacial score (nSPS) is 14.3. The van der Waals surface area contributed by atoms with Gasteiger partial charge in [0.25, 0.3) is 0 Å². The van der Waals surface area contributed by atoms with E-state index in [1.54, 1.807) is 0 Å². The third-order valence-corrected chi connectivity index (χ3v) is 1.24. The molecule has 0 aromatic carbocycles. The third kappa shape index (κ3) is 5.80. The van der Waals surface area contributed by atoms with Crippen LogP contribution in [0.3, 0.4) is 0 Å². The van der Waals surface area contributed by atoms with Gasteiger partial charge in [-0.1, -0.05) is 13.8 Å². The molecule has 9 heavy (non-hydrogen) atoms. The summed E-state index contributed by atoms with van der Waals surface area (Å²) in [6.07, 6.45) is 1.11. The molecular formula is C7H18N2. The van der Waals surface area contributed by atoms with Crippen molar-refractivity contribution in [2.24, 2.45) is 11.7 Å². The van der Waals surface area contributed by atoms with E-state index in [0.29, 0.717) is 12.0 Å². The van der Waals surface area contributed by atoms with Crippen LogP contribution < -0.4 is 11.1 Å². The first kappa shape index (κ1) is 8.92. The van der Waals surface area contributed by atoms with E-state index in [-0.39, 0.29) is 0 Å². The van der Waals surface area contributed by atoms with Gasteiger partial charge >= 0.3 is 0 Å². The minimum Gasteiger partial charge on any atom is -0.327 e. The molecule has 2 heteroatoms. The third-order valence-electron chi connectivity index (χ3n) is 1.24. The van der Waals surface area contributed by atoms with Gasteiger partial charge in [0.1, 0.15) is 0 Å². The van der Waals surface area contributed by atoms with Crippen LogP contribution in [0, 0.1) is 5.92 Å². The fourth-order valence-corrected chi connectivity index (χ4v) is 0.951. The Morgan fingerprint density at radius 2 is 2.00 bits per heavy atom. The lowest BCUT2D eigenvalue weighted by Crippen LogP contribution is -2.32. The zero-order valence-electron chi connectivity index (χ0n) is 6.65. The van der Waals surface area contributed by atoms with Crippen LogP contribution in [-0.2, 0) is 0 Å². The SMILES string of the molecule is CNCC(N)CC(C)C. The summed E-state index contributed by atoms with van der Waals surface area (Å²) in [6.45, 7) is 5.31. The minimum absolute atomic E-state index is 0.329. The van der Waals surface area contributed by atoms with E-state index in [0.717, 1.165) is 13.0 Å². The lowest BCUT2D eigenvalue weighted by molar-refractivity contribution is 0.481. The quantitative estimate of drug-likeness (QED) is 0.584. The molecule has 0 bridgehead atoms. The number of rotatable bonds is 4. The Hall–Kier alpha value is -0.0800. The maximum atomic E-state index is 5.72. The summed E-state index contributed by atoms with van der Waals surface area (Å²) in [7, 11) is 1.93. The van der Waals surface area contributed by atoms with Crippen molar-refractivity contribution in [2.45, 2.75) is 26.3 Å². The second-order valence-electron chi connectivity index (χ2n) is 2.95. The highest BCUT2D eigenvalue weighted by atomic mass is 14.9. The molecule has 0 saturated carbocycles. The Morgan fingerprint density at radius 3 is 2.33 bits per heavy atom. The van der Waals surface area contributed by atoms with E-state index < -0.39 is 0 Å². The van der Waals surface area contributed by atoms with E-state index in [1.165, 1.54) is 0 Å². The van der Waals surface area contributed by atoms with Crippen molar-refractivity contribution in [3.63, 3.8) is 0 Å². The Morgan fingerprint density at radius 1 is 1.44 bits per heavy atom. The second-order valence-corrected chi connectivity index (χ2v) is 2.95. The minimum atomic E-state index is 0.329. The van der Waals surface area contributed by atoms with Crippen molar-refractivity contribution in [3.05, 3.63) is 0 Å². The zero-order valence-corrected chi connectivity index (χ0v) is 6.65. The molecule has 1 unspecified atom stereocenters. The second kappa shape index (κ2) is 4.77. The standard InChI is InChI=1S/C7H18N2/c1-6(2)4-7(8)5-9-3/h6-7,9H,4-5,8H2,1-3H3. The van der Waals surface area contributed by atoms with Crippen LogP contribution in [0.15, 0.2) is 0 Å². The van der Waals surface area contributed by atoms with Crippen molar-refractivity contribution in [1.82, 2.24) is 5.32 Å². The van der Waals surface area contributed by atoms with Crippen LogP contribution in [0.1, 0.15) is 20.3 Å². The Labute approximate surface area is 57.8 Å². The highest BCUT2D eigenvalue weighted by molar-refractivity contribution is 4.64. The van der Waals surface area contributed by atoms with Crippen LogP contribution in [0.5, 0.6) is 0 Å². The first-order valence-corrected chi connectivity index (χ1v) is 3.57. The average Bonchev–Trinajstić information content (AvgIpc) is 1.63. The van der Waals surface area contributed by atoms with Gasteiger partial charge in [-0.25, -0.2) is 0 Å². The van der Waals surface area contributed by atoms with Crippen molar-refractivity contribution in [3.8, 4) is 0 Å². The van der Waals surface area contributed by atoms with Crippen LogP contribution in [0.2, 0.25) is 0 Å². The van der Waals surface area contributed by atoms with Gasteiger partial charge in [0.2, 0.25) is 0 Å². The molecule has 0 saturated heterocycles. The van der Waals surface area contributed by atoms with Crippen molar-refractivity contribution in [2.75, 3.05) is 13.6 Å².